The molecule has 4 aromatic rings. The van der Waals surface area contributed by atoms with Crippen LogP contribution in [0.4, 0.5) is 10.8 Å². The molecule has 0 aliphatic heterocycles. The van der Waals surface area contributed by atoms with Gasteiger partial charge >= 0.3 is 0 Å². The molecule has 2 N–H and O–H groups in total. The standard InChI is InChI=1S/C19H18ClN5O2S2/c1-24(7-8-26)19-22-18-15(29-19)9-14(28-18)17(27)21-12-5-3-11(4-6-12)16-13(20)10-25(2)23-16/h3-6,9-10,26H,7-8H2,1-2H3,(H,21,27). The van der Waals surface area contributed by atoms with Crippen LogP contribution in [0.3, 0.4) is 0 Å². The summed E-state index contributed by atoms with van der Waals surface area (Å²) >= 11 is 9.05. The van der Waals surface area contributed by atoms with Gasteiger partial charge in [-0.25, -0.2) is 4.98 Å². The van der Waals surface area contributed by atoms with E-state index in [-0.39, 0.29) is 12.5 Å². The molecule has 3 heterocycles. The third-order valence-electron chi connectivity index (χ3n) is 4.26. The van der Waals surface area contributed by atoms with Crippen LogP contribution >= 0.6 is 34.3 Å². The van der Waals surface area contributed by atoms with E-state index < -0.39 is 0 Å². The summed E-state index contributed by atoms with van der Waals surface area (Å²) in [6.45, 7) is 0.594. The minimum Gasteiger partial charge on any atom is -0.395 e. The normalized spacial score (nSPS) is 11.2. The number of rotatable bonds is 6. The van der Waals surface area contributed by atoms with Crippen molar-refractivity contribution in [1.29, 1.82) is 0 Å². The lowest BCUT2D eigenvalue weighted by atomic mass is 10.1. The van der Waals surface area contributed by atoms with Gasteiger partial charge < -0.3 is 15.3 Å². The Bertz CT molecular complexity index is 1130. The number of fused-ring (bicyclic) bond motifs is 1. The minimum atomic E-state index is -0.172. The molecule has 150 valence electrons. The molecule has 0 saturated carbocycles. The maximum absolute atomic E-state index is 12.6. The molecule has 3 aromatic heterocycles. The number of thiazole rings is 1. The molecule has 0 spiro atoms. The molecule has 0 aliphatic carbocycles. The molecule has 10 heteroatoms. The Morgan fingerprint density at radius 2 is 2.07 bits per heavy atom. The van der Waals surface area contributed by atoms with Gasteiger partial charge in [0, 0.05) is 38.1 Å². The van der Waals surface area contributed by atoms with Gasteiger partial charge in [0.1, 0.15) is 10.5 Å². The Morgan fingerprint density at radius 1 is 1.31 bits per heavy atom. The van der Waals surface area contributed by atoms with Crippen molar-refractivity contribution in [3.8, 4) is 11.3 Å². The van der Waals surface area contributed by atoms with E-state index in [0.29, 0.717) is 27.8 Å². The Balaban J connectivity index is 1.47. The van der Waals surface area contributed by atoms with Gasteiger partial charge in [0.15, 0.2) is 5.13 Å². The number of carbonyl (C=O) groups excluding carboxylic acids is 1. The summed E-state index contributed by atoms with van der Waals surface area (Å²) in [7, 11) is 3.70. The van der Waals surface area contributed by atoms with Crippen molar-refractivity contribution in [2.45, 2.75) is 0 Å². The molecular formula is C19H18ClN5O2S2. The van der Waals surface area contributed by atoms with Crippen molar-refractivity contribution in [3.05, 3.63) is 46.4 Å². The van der Waals surface area contributed by atoms with E-state index in [1.807, 2.05) is 49.3 Å². The smallest absolute Gasteiger partial charge is 0.265 e. The maximum atomic E-state index is 12.6. The van der Waals surface area contributed by atoms with Crippen LogP contribution in [0.15, 0.2) is 36.5 Å². The molecule has 0 saturated heterocycles. The summed E-state index contributed by atoms with van der Waals surface area (Å²) in [4.78, 5) is 20.5. The number of aliphatic hydroxyl groups excluding tert-OH is 1. The van der Waals surface area contributed by atoms with Crippen LogP contribution in [-0.4, -0.2) is 46.0 Å². The van der Waals surface area contributed by atoms with Crippen molar-refractivity contribution >= 4 is 60.5 Å². The Kier molecular flexibility index (Phi) is 5.55. The number of hydrogen-bond donors (Lipinski definition) is 2. The number of aliphatic hydroxyl groups is 1. The minimum absolute atomic E-state index is 0.0721. The van der Waals surface area contributed by atoms with E-state index in [4.69, 9.17) is 16.7 Å². The molecule has 0 unspecified atom stereocenters. The summed E-state index contributed by atoms with van der Waals surface area (Å²) in [6, 6.07) is 9.26. The highest BCUT2D eigenvalue weighted by Gasteiger charge is 2.16. The molecule has 1 amide bonds. The predicted molar refractivity (Wildman–Crippen MR) is 119 cm³/mol. The van der Waals surface area contributed by atoms with Gasteiger partial charge in [0.25, 0.3) is 5.91 Å². The zero-order valence-corrected chi connectivity index (χ0v) is 18.1. The van der Waals surface area contributed by atoms with Crippen LogP contribution < -0.4 is 10.2 Å². The third kappa shape index (κ3) is 4.13. The summed E-state index contributed by atoms with van der Waals surface area (Å²) in [5, 5.41) is 17.7. The van der Waals surface area contributed by atoms with Gasteiger partial charge in [-0.15, -0.1) is 11.3 Å². The first-order chi connectivity index (χ1) is 13.9. The fourth-order valence-electron chi connectivity index (χ4n) is 2.80. The first-order valence-corrected chi connectivity index (χ1v) is 10.8. The largest absolute Gasteiger partial charge is 0.395 e. The van der Waals surface area contributed by atoms with E-state index in [0.717, 1.165) is 20.2 Å². The van der Waals surface area contributed by atoms with Crippen molar-refractivity contribution in [2.24, 2.45) is 7.05 Å². The number of amides is 1. The monoisotopic (exact) mass is 447 g/mol. The van der Waals surface area contributed by atoms with Crippen molar-refractivity contribution < 1.29 is 9.90 Å². The first kappa shape index (κ1) is 19.8. The number of nitrogens with zero attached hydrogens (tertiary/aromatic N) is 4. The molecular weight excluding hydrogens is 430 g/mol. The number of hydrogen-bond acceptors (Lipinski definition) is 7. The number of aromatic nitrogens is 3. The third-order valence-corrected chi connectivity index (χ3v) is 6.81. The molecule has 1 aromatic carbocycles. The van der Waals surface area contributed by atoms with Crippen LogP contribution in [-0.2, 0) is 7.05 Å². The fourth-order valence-corrected chi connectivity index (χ4v) is 5.19. The zero-order valence-electron chi connectivity index (χ0n) is 15.7. The lowest BCUT2D eigenvalue weighted by Crippen LogP contribution is -2.20. The summed E-state index contributed by atoms with van der Waals surface area (Å²) in [6.07, 6.45) is 1.75. The number of carbonyl (C=O) groups is 1. The van der Waals surface area contributed by atoms with E-state index in [1.165, 1.54) is 22.7 Å². The zero-order chi connectivity index (χ0) is 20.5. The highest BCUT2D eigenvalue weighted by Crippen LogP contribution is 2.34. The van der Waals surface area contributed by atoms with Gasteiger partial charge in [0.2, 0.25) is 0 Å². The summed E-state index contributed by atoms with van der Waals surface area (Å²) in [5.41, 5.74) is 2.28. The van der Waals surface area contributed by atoms with Crippen molar-refractivity contribution in [1.82, 2.24) is 14.8 Å². The Morgan fingerprint density at radius 3 is 2.69 bits per heavy atom. The van der Waals surface area contributed by atoms with Crippen LogP contribution in [0.2, 0.25) is 5.02 Å². The van der Waals surface area contributed by atoms with Gasteiger partial charge in [-0.3, -0.25) is 9.48 Å². The van der Waals surface area contributed by atoms with Crippen LogP contribution in [0.1, 0.15) is 9.67 Å². The molecule has 0 fully saturated rings. The van der Waals surface area contributed by atoms with E-state index >= 15 is 0 Å². The van der Waals surface area contributed by atoms with E-state index in [1.54, 1.807) is 10.9 Å². The molecule has 7 nitrogen and oxygen atoms in total. The number of aryl methyl sites for hydroxylation is 1. The SMILES string of the molecule is CN(CCO)c1nc2sc(C(=O)Nc3ccc(-c4nn(C)cc4Cl)cc3)cc2s1. The number of nitrogens with one attached hydrogen (secondary N) is 1. The Hall–Kier alpha value is -2.46. The number of likely N-dealkylation sites (N-methyl/N-ethyl adjacent to an activating group) is 1. The highest BCUT2D eigenvalue weighted by atomic mass is 35.5. The lowest BCUT2D eigenvalue weighted by Gasteiger charge is -2.12. The van der Waals surface area contributed by atoms with Gasteiger partial charge in [-0.1, -0.05) is 35.1 Å². The van der Waals surface area contributed by atoms with E-state index in [9.17, 15) is 4.79 Å². The lowest BCUT2D eigenvalue weighted by molar-refractivity contribution is 0.103. The second kappa shape index (κ2) is 8.11. The number of thiophene rings is 1. The average Bonchev–Trinajstić information content (AvgIpc) is 3.35. The molecule has 0 aliphatic rings. The molecule has 0 bridgehead atoms. The van der Waals surface area contributed by atoms with Crippen LogP contribution in [0.5, 0.6) is 0 Å². The van der Waals surface area contributed by atoms with Gasteiger partial charge in [-0.05, 0) is 18.2 Å². The average molecular weight is 448 g/mol. The summed E-state index contributed by atoms with van der Waals surface area (Å²) < 4.78 is 2.62. The molecule has 0 radical (unpaired) electrons. The Labute approximate surface area is 180 Å². The maximum Gasteiger partial charge on any atom is 0.265 e. The quantitative estimate of drug-likeness (QED) is 0.465. The number of benzene rings is 1. The number of halogens is 1. The highest BCUT2D eigenvalue weighted by molar-refractivity contribution is 7.29. The summed E-state index contributed by atoms with van der Waals surface area (Å²) in [5.74, 6) is -0.172. The van der Waals surface area contributed by atoms with Gasteiger partial charge in [-0.2, -0.15) is 5.10 Å². The second-order valence-electron chi connectivity index (χ2n) is 6.45. The van der Waals surface area contributed by atoms with Crippen molar-refractivity contribution in [2.75, 3.05) is 30.4 Å². The molecule has 29 heavy (non-hydrogen) atoms. The first-order valence-electron chi connectivity index (χ1n) is 8.78. The van der Waals surface area contributed by atoms with Crippen LogP contribution in [0.25, 0.3) is 20.8 Å². The molecule has 4 rings (SSSR count). The number of anilines is 2. The van der Waals surface area contributed by atoms with Gasteiger partial charge in [0.05, 0.1) is 21.2 Å². The second-order valence-corrected chi connectivity index (χ2v) is 8.90. The fraction of sp³-hybridized carbons (Fsp3) is 0.211. The van der Waals surface area contributed by atoms with Crippen LogP contribution in [0, 0.1) is 0 Å². The molecule has 0 atom stereocenters. The topological polar surface area (TPSA) is 83.3 Å². The predicted octanol–water partition coefficient (Wildman–Crippen LogP) is 4.09. The van der Waals surface area contributed by atoms with Crippen molar-refractivity contribution in [3.63, 3.8) is 0 Å². The van der Waals surface area contributed by atoms with E-state index in [2.05, 4.69) is 15.4 Å².